The molecule has 1 aromatic rings. The molecular formula is C14H17N3O4S. The summed E-state index contributed by atoms with van der Waals surface area (Å²) in [6.45, 7) is -0.141. The van der Waals surface area contributed by atoms with Gasteiger partial charge in [0.2, 0.25) is 5.91 Å². The van der Waals surface area contributed by atoms with Gasteiger partial charge in [-0.3, -0.25) is 9.69 Å². The summed E-state index contributed by atoms with van der Waals surface area (Å²) < 4.78 is 0. The lowest BCUT2D eigenvalue weighted by atomic mass is 10.2. The molecule has 1 aromatic carbocycles. The highest BCUT2D eigenvalue weighted by molar-refractivity contribution is 7.98. The number of rotatable bonds is 5. The van der Waals surface area contributed by atoms with Crippen LogP contribution in [0.1, 0.15) is 6.42 Å². The van der Waals surface area contributed by atoms with E-state index in [-0.39, 0.29) is 12.5 Å². The number of hydrogen-bond donors (Lipinski definition) is 3. The zero-order chi connectivity index (χ0) is 16.1. The van der Waals surface area contributed by atoms with E-state index in [0.717, 1.165) is 0 Å². The van der Waals surface area contributed by atoms with Crippen LogP contribution in [0.3, 0.4) is 0 Å². The third kappa shape index (κ3) is 3.70. The molecule has 1 aliphatic rings. The Balaban J connectivity index is 2.15. The normalized spacial score (nSPS) is 14.8. The highest BCUT2D eigenvalue weighted by Crippen LogP contribution is 2.28. The minimum Gasteiger partial charge on any atom is -0.480 e. The molecule has 0 saturated carbocycles. The van der Waals surface area contributed by atoms with Crippen LogP contribution in [0.4, 0.5) is 16.2 Å². The Morgan fingerprint density at radius 1 is 1.45 bits per heavy atom. The lowest BCUT2D eigenvalue weighted by molar-refractivity contribution is -0.139. The van der Waals surface area contributed by atoms with Crippen molar-refractivity contribution in [2.45, 2.75) is 12.5 Å². The number of benzene rings is 1. The van der Waals surface area contributed by atoms with E-state index in [0.29, 0.717) is 23.5 Å². The topological polar surface area (TPSA) is 98.7 Å². The third-order valence-electron chi connectivity index (χ3n) is 3.22. The van der Waals surface area contributed by atoms with Crippen LogP contribution < -0.4 is 15.5 Å². The van der Waals surface area contributed by atoms with Crippen molar-refractivity contribution in [3.05, 3.63) is 24.3 Å². The minimum absolute atomic E-state index is 0.141. The average Bonchev–Trinajstić information content (AvgIpc) is 2.49. The molecule has 0 radical (unpaired) electrons. The molecule has 2 rings (SSSR count). The van der Waals surface area contributed by atoms with Gasteiger partial charge >= 0.3 is 12.0 Å². The quantitative estimate of drug-likeness (QED) is 0.760. The summed E-state index contributed by atoms with van der Waals surface area (Å²) in [7, 11) is 0. The lowest BCUT2D eigenvalue weighted by Gasteiger charge is -2.30. The van der Waals surface area contributed by atoms with Gasteiger partial charge in [0.05, 0.1) is 11.4 Å². The molecule has 118 valence electrons. The summed E-state index contributed by atoms with van der Waals surface area (Å²) in [5, 5.41) is 14.3. The van der Waals surface area contributed by atoms with E-state index in [9.17, 15) is 19.5 Å². The largest absolute Gasteiger partial charge is 0.480 e. The van der Waals surface area contributed by atoms with Crippen LogP contribution in [0, 0.1) is 0 Å². The van der Waals surface area contributed by atoms with Crippen molar-refractivity contribution in [1.82, 2.24) is 5.32 Å². The second-order valence-electron chi connectivity index (χ2n) is 4.77. The van der Waals surface area contributed by atoms with E-state index >= 15 is 0 Å². The molecule has 0 bridgehead atoms. The maximum absolute atomic E-state index is 12.3. The number of urea groups is 1. The molecule has 3 amide bonds. The van der Waals surface area contributed by atoms with Gasteiger partial charge in [-0.2, -0.15) is 11.8 Å². The van der Waals surface area contributed by atoms with Gasteiger partial charge in [0.25, 0.3) is 0 Å². The summed E-state index contributed by atoms with van der Waals surface area (Å²) in [6.07, 6.45) is 2.19. The number of carboxylic acid groups (broad SMARTS) is 1. The number of hydrogen-bond acceptors (Lipinski definition) is 4. The molecule has 1 atom stereocenters. The maximum Gasteiger partial charge on any atom is 0.326 e. The number of carbonyl (C=O) groups is 3. The average molecular weight is 323 g/mol. The van der Waals surface area contributed by atoms with E-state index in [1.165, 1.54) is 16.7 Å². The fourth-order valence-corrected chi connectivity index (χ4v) is 2.61. The highest BCUT2D eigenvalue weighted by Gasteiger charge is 2.29. The predicted molar refractivity (Wildman–Crippen MR) is 85.4 cm³/mol. The Kier molecular flexibility index (Phi) is 5.26. The summed E-state index contributed by atoms with van der Waals surface area (Å²) in [5.74, 6) is -0.782. The fourth-order valence-electron chi connectivity index (χ4n) is 2.13. The Labute approximate surface area is 132 Å². The number of carboxylic acids is 1. The maximum atomic E-state index is 12.3. The number of nitrogens with zero attached hydrogens (tertiary/aromatic N) is 1. The molecule has 0 spiro atoms. The first-order valence-corrected chi connectivity index (χ1v) is 8.11. The summed E-state index contributed by atoms with van der Waals surface area (Å²) in [5.41, 5.74) is 1.08. The van der Waals surface area contributed by atoms with Crippen molar-refractivity contribution in [1.29, 1.82) is 0 Å². The standard InChI is InChI=1S/C14H17N3O4S/c1-22-7-6-10(13(19)20)16-14(21)17-8-12(18)15-9-4-2-3-5-11(9)17/h2-5,10H,6-8H2,1H3,(H,15,18)(H,16,21)(H,19,20)/t10-/m0/s1. The SMILES string of the molecule is CSCC[C@H](NC(=O)N1CC(=O)Nc2ccccc21)C(=O)O. The molecule has 22 heavy (non-hydrogen) atoms. The van der Waals surface area contributed by atoms with Gasteiger partial charge in [-0.15, -0.1) is 0 Å². The lowest BCUT2D eigenvalue weighted by Crippen LogP contribution is -2.52. The number of thioether (sulfide) groups is 1. The molecule has 8 heteroatoms. The number of amides is 3. The number of para-hydroxylation sites is 2. The molecule has 0 fully saturated rings. The summed E-state index contributed by atoms with van der Waals surface area (Å²) >= 11 is 1.51. The van der Waals surface area contributed by atoms with Gasteiger partial charge in [-0.1, -0.05) is 12.1 Å². The molecule has 3 N–H and O–H groups in total. The van der Waals surface area contributed by atoms with Crippen LogP contribution in [0.15, 0.2) is 24.3 Å². The Morgan fingerprint density at radius 2 is 2.18 bits per heavy atom. The van der Waals surface area contributed by atoms with Gasteiger partial charge < -0.3 is 15.7 Å². The monoisotopic (exact) mass is 323 g/mol. The van der Waals surface area contributed by atoms with E-state index in [4.69, 9.17) is 0 Å². The smallest absolute Gasteiger partial charge is 0.326 e. The zero-order valence-electron chi connectivity index (χ0n) is 12.0. The van der Waals surface area contributed by atoms with Crippen LogP contribution in [-0.2, 0) is 9.59 Å². The first-order chi connectivity index (χ1) is 10.5. The second-order valence-corrected chi connectivity index (χ2v) is 5.76. The molecule has 0 aromatic heterocycles. The molecule has 1 aliphatic heterocycles. The number of fused-ring (bicyclic) bond motifs is 1. The van der Waals surface area contributed by atoms with Crippen molar-refractivity contribution in [2.24, 2.45) is 0 Å². The highest BCUT2D eigenvalue weighted by atomic mass is 32.2. The molecule has 0 unspecified atom stereocenters. The summed E-state index contributed by atoms with van der Waals surface area (Å²) in [6, 6.07) is 5.33. The second kappa shape index (κ2) is 7.17. The van der Waals surface area contributed by atoms with Crippen LogP contribution in [0.5, 0.6) is 0 Å². The van der Waals surface area contributed by atoms with Crippen molar-refractivity contribution < 1.29 is 19.5 Å². The first-order valence-electron chi connectivity index (χ1n) is 6.71. The van der Waals surface area contributed by atoms with Gasteiger partial charge in [0, 0.05) is 0 Å². The van der Waals surface area contributed by atoms with Crippen LogP contribution in [0.25, 0.3) is 0 Å². The third-order valence-corrected chi connectivity index (χ3v) is 3.87. The van der Waals surface area contributed by atoms with Crippen molar-refractivity contribution in [3.63, 3.8) is 0 Å². The fraction of sp³-hybridized carbons (Fsp3) is 0.357. The van der Waals surface area contributed by atoms with Gasteiger partial charge in [-0.25, -0.2) is 9.59 Å². The van der Waals surface area contributed by atoms with E-state index in [1.807, 2.05) is 6.26 Å². The van der Waals surface area contributed by atoms with Gasteiger partial charge in [0.15, 0.2) is 0 Å². The Morgan fingerprint density at radius 3 is 2.86 bits per heavy atom. The van der Waals surface area contributed by atoms with E-state index < -0.39 is 18.0 Å². The molecule has 1 heterocycles. The molecule has 0 saturated heterocycles. The number of nitrogens with one attached hydrogen (secondary N) is 2. The minimum atomic E-state index is -1.09. The number of carbonyl (C=O) groups excluding carboxylic acids is 2. The molecule has 0 aliphatic carbocycles. The van der Waals surface area contributed by atoms with Crippen molar-refractivity contribution >= 4 is 41.0 Å². The molecular weight excluding hydrogens is 306 g/mol. The van der Waals surface area contributed by atoms with Crippen LogP contribution in [0.2, 0.25) is 0 Å². The van der Waals surface area contributed by atoms with Crippen molar-refractivity contribution in [3.8, 4) is 0 Å². The predicted octanol–water partition coefficient (Wildman–Crippen LogP) is 1.36. The van der Waals surface area contributed by atoms with E-state index in [1.54, 1.807) is 24.3 Å². The number of aliphatic carboxylic acids is 1. The zero-order valence-corrected chi connectivity index (χ0v) is 12.9. The van der Waals surface area contributed by atoms with E-state index in [2.05, 4.69) is 10.6 Å². The number of anilines is 2. The van der Waals surface area contributed by atoms with Crippen molar-refractivity contribution in [2.75, 3.05) is 28.8 Å². The van der Waals surface area contributed by atoms with Crippen LogP contribution in [-0.4, -0.2) is 47.6 Å². The summed E-state index contributed by atoms with van der Waals surface area (Å²) in [4.78, 5) is 36.5. The first kappa shape index (κ1) is 16.2. The van der Waals surface area contributed by atoms with Crippen LogP contribution >= 0.6 is 11.8 Å². The Bertz CT molecular complexity index is 593. The Hall–Kier alpha value is -2.22. The molecule has 7 nitrogen and oxygen atoms in total. The van der Waals surface area contributed by atoms with Gasteiger partial charge in [0.1, 0.15) is 12.6 Å². The van der Waals surface area contributed by atoms with Gasteiger partial charge in [-0.05, 0) is 30.6 Å².